The minimum absolute atomic E-state index is 0.105. The van der Waals surface area contributed by atoms with E-state index in [1.54, 1.807) is 39.8 Å². The van der Waals surface area contributed by atoms with E-state index >= 15 is 0 Å². The molecule has 0 atom stereocenters. The zero-order valence-corrected chi connectivity index (χ0v) is 13.2. The van der Waals surface area contributed by atoms with Gasteiger partial charge < -0.3 is 10.4 Å². The van der Waals surface area contributed by atoms with Gasteiger partial charge in [-0.1, -0.05) is 11.6 Å². The van der Waals surface area contributed by atoms with E-state index in [1.165, 1.54) is 11.8 Å². The van der Waals surface area contributed by atoms with Gasteiger partial charge in [-0.25, -0.2) is 0 Å². The van der Waals surface area contributed by atoms with Crippen molar-refractivity contribution in [1.29, 1.82) is 0 Å². The molecule has 106 valence electrons. The third-order valence-corrected chi connectivity index (χ3v) is 4.43. The van der Waals surface area contributed by atoms with Crippen LogP contribution in [-0.4, -0.2) is 27.9 Å². The standard InChI is InChI=1S/C14H20ClNO2S/c1-13(2,14(3,4)18)16-12(17)9-19-11-7-5-10(15)6-8-11/h5-8,18H,9H2,1-4H3,(H,16,17). The van der Waals surface area contributed by atoms with Gasteiger partial charge in [-0.15, -0.1) is 11.8 Å². The molecule has 0 spiro atoms. The van der Waals surface area contributed by atoms with Gasteiger partial charge in [0.05, 0.1) is 16.9 Å². The molecule has 0 fully saturated rings. The molecule has 1 aromatic rings. The van der Waals surface area contributed by atoms with E-state index in [0.717, 1.165) is 4.90 Å². The first-order valence-corrected chi connectivity index (χ1v) is 7.40. The fourth-order valence-electron chi connectivity index (χ4n) is 1.22. The summed E-state index contributed by atoms with van der Waals surface area (Å²) in [5, 5.41) is 13.5. The SMILES string of the molecule is CC(C)(O)C(C)(C)NC(=O)CSc1ccc(Cl)cc1. The van der Waals surface area contributed by atoms with Crippen LogP contribution in [0.15, 0.2) is 29.2 Å². The second-order valence-electron chi connectivity index (χ2n) is 5.47. The smallest absolute Gasteiger partial charge is 0.230 e. The fourth-order valence-corrected chi connectivity index (χ4v) is 2.04. The molecule has 0 unspecified atom stereocenters. The van der Waals surface area contributed by atoms with Gasteiger partial charge in [0.15, 0.2) is 0 Å². The maximum Gasteiger partial charge on any atom is 0.230 e. The van der Waals surface area contributed by atoms with Gasteiger partial charge in [-0.05, 0) is 52.0 Å². The van der Waals surface area contributed by atoms with Gasteiger partial charge in [-0.3, -0.25) is 4.79 Å². The highest BCUT2D eigenvalue weighted by Gasteiger charge is 2.36. The van der Waals surface area contributed by atoms with Crippen molar-refractivity contribution < 1.29 is 9.90 Å². The molecule has 0 saturated heterocycles. The predicted octanol–water partition coefficient (Wildman–Crippen LogP) is 3.10. The molecule has 0 bridgehead atoms. The van der Waals surface area contributed by atoms with Crippen molar-refractivity contribution in [3.63, 3.8) is 0 Å². The maximum atomic E-state index is 11.9. The summed E-state index contributed by atoms with van der Waals surface area (Å²) >= 11 is 7.23. The molecule has 2 N–H and O–H groups in total. The van der Waals surface area contributed by atoms with E-state index in [2.05, 4.69) is 5.32 Å². The Labute approximate surface area is 123 Å². The van der Waals surface area contributed by atoms with Crippen molar-refractivity contribution in [2.24, 2.45) is 0 Å². The lowest BCUT2D eigenvalue weighted by Crippen LogP contribution is -2.58. The van der Waals surface area contributed by atoms with Crippen molar-refractivity contribution in [3.05, 3.63) is 29.3 Å². The van der Waals surface area contributed by atoms with Crippen LogP contribution in [0.1, 0.15) is 27.7 Å². The highest BCUT2D eigenvalue weighted by Crippen LogP contribution is 2.23. The average molecular weight is 302 g/mol. The molecule has 0 aliphatic carbocycles. The van der Waals surface area contributed by atoms with Crippen LogP contribution in [0.3, 0.4) is 0 Å². The van der Waals surface area contributed by atoms with E-state index < -0.39 is 11.1 Å². The molecule has 0 aliphatic heterocycles. The van der Waals surface area contributed by atoms with Gasteiger partial charge in [0.1, 0.15) is 0 Å². The number of carbonyl (C=O) groups excluding carboxylic acids is 1. The topological polar surface area (TPSA) is 49.3 Å². The molecule has 0 heterocycles. The number of hydrogen-bond acceptors (Lipinski definition) is 3. The zero-order chi connectivity index (χ0) is 14.7. The molecular weight excluding hydrogens is 282 g/mol. The summed E-state index contributed by atoms with van der Waals surface area (Å²) < 4.78 is 0. The number of nitrogens with one attached hydrogen (secondary N) is 1. The molecule has 3 nitrogen and oxygen atoms in total. The van der Waals surface area contributed by atoms with E-state index in [1.807, 2.05) is 12.1 Å². The first-order valence-electron chi connectivity index (χ1n) is 6.03. The Balaban J connectivity index is 2.51. The summed E-state index contributed by atoms with van der Waals surface area (Å²) in [5.74, 6) is 0.202. The van der Waals surface area contributed by atoms with Gasteiger partial charge in [0.2, 0.25) is 5.91 Å². The summed E-state index contributed by atoms with van der Waals surface area (Å²) in [6.07, 6.45) is 0. The average Bonchev–Trinajstić information content (AvgIpc) is 2.26. The lowest BCUT2D eigenvalue weighted by molar-refractivity contribution is -0.123. The van der Waals surface area contributed by atoms with Crippen LogP contribution in [0.25, 0.3) is 0 Å². The number of amides is 1. The van der Waals surface area contributed by atoms with Gasteiger partial charge in [0, 0.05) is 9.92 Å². The Morgan fingerprint density at radius 1 is 1.26 bits per heavy atom. The minimum Gasteiger partial charge on any atom is -0.388 e. The number of halogens is 1. The fraction of sp³-hybridized carbons (Fsp3) is 0.500. The van der Waals surface area contributed by atoms with Crippen LogP contribution >= 0.6 is 23.4 Å². The molecule has 1 amide bonds. The van der Waals surface area contributed by atoms with Crippen LogP contribution in [-0.2, 0) is 4.79 Å². The number of carbonyl (C=O) groups is 1. The molecule has 0 aromatic heterocycles. The van der Waals surface area contributed by atoms with E-state index in [-0.39, 0.29) is 5.91 Å². The molecule has 0 radical (unpaired) electrons. The summed E-state index contributed by atoms with van der Waals surface area (Å²) in [5.41, 5.74) is -1.65. The number of aliphatic hydroxyl groups is 1. The lowest BCUT2D eigenvalue weighted by Gasteiger charge is -2.37. The Morgan fingerprint density at radius 3 is 2.26 bits per heavy atom. The van der Waals surface area contributed by atoms with Crippen LogP contribution in [0.2, 0.25) is 5.02 Å². The number of rotatable bonds is 5. The highest BCUT2D eigenvalue weighted by molar-refractivity contribution is 8.00. The third kappa shape index (κ3) is 5.05. The largest absolute Gasteiger partial charge is 0.388 e. The highest BCUT2D eigenvalue weighted by atomic mass is 35.5. The molecular formula is C14H20ClNO2S. The Bertz CT molecular complexity index is 438. The monoisotopic (exact) mass is 301 g/mol. The molecule has 19 heavy (non-hydrogen) atoms. The second-order valence-corrected chi connectivity index (χ2v) is 6.96. The Morgan fingerprint density at radius 2 is 1.79 bits per heavy atom. The van der Waals surface area contributed by atoms with Crippen LogP contribution in [0.4, 0.5) is 0 Å². The van der Waals surface area contributed by atoms with E-state index in [0.29, 0.717) is 10.8 Å². The van der Waals surface area contributed by atoms with Crippen molar-refractivity contribution in [1.82, 2.24) is 5.32 Å². The van der Waals surface area contributed by atoms with Crippen LogP contribution in [0, 0.1) is 0 Å². The predicted molar refractivity (Wildman–Crippen MR) is 80.7 cm³/mol. The molecule has 1 aromatic carbocycles. The summed E-state index contributed by atoms with van der Waals surface area (Å²) in [6, 6.07) is 7.34. The Hall–Kier alpha value is -0.710. The van der Waals surface area contributed by atoms with Gasteiger partial charge in [-0.2, -0.15) is 0 Å². The molecule has 1 rings (SSSR count). The molecule has 0 aliphatic rings. The minimum atomic E-state index is -0.979. The first kappa shape index (κ1) is 16.3. The molecule has 0 saturated carbocycles. The number of benzene rings is 1. The van der Waals surface area contributed by atoms with Crippen molar-refractivity contribution in [2.75, 3.05) is 5.75 Å². The maximum absolute atomic E-state index is 11.9. The Kier molecular flexibility index (Phi) is 5.30. The van der Waals surface area contributed by atoms with Crippen LogP contribution < -0.4 is 5.32 Å². The van der Waals surface area contributed by atoms with Crippen molar-refractivity contribution >= 4 is 29.3 Å². The van der Waals surface area contributed by atoms with Gasteiger partial charge in [0.25, 0.3) is 0 Å². The summed E-state index contributed by atoms with van der Waals surface area (Å²) in [6.45, 7) is 6.97. The van der Waals surface area contributed by atoms with E-state index in [4.69, 9.17) is 11.6 Å². The number of hydrogen-bond donors (Lipinski definition) is 2. The van der Waals surface area contributed by atoms with Crippen LogP contribution in [0.5, 0.6) is 0 Å². The summed E-state index contributed by atoms with van der Waals surface area (Å²) in [4.78, 5) is 12.9. The van der Waals surface area contributed by atoms with Crippen molar-refractivity contribution in [2.45, 2.75) is 43.7 Å². The zero-order valence-electron chi connectivity index (χ0n) is 11.7. The van der Waals surface area contributed by atoms with Crippen molar-refractivity contribution in [3.8, 4) is 0 Å². The van der Waals surface area contributed by atoms with E-state index in [9.17, 15) is 9.90 Å². The normalized spacial score (nSPS) is 12.3. The third-order valence-electron chi connectivity index (χ3n) is 3.16. The molecule has 5 heteroatoms. The first-order chi connectivity index (χ1) is 8.62. The quantitative estimate of drug-likeness (QED) is 0.822. The summed E-state index contributed by atoms with van der Waals surface area (Å²) in [7, 11) is 0. The lowest BCUT2D eigenvalue weighted by atomic mass is 9.86. The second kappa shape index (κ2) is 6.16. The number of thioether (sulfide) groups is 1. The van der Waals surface area contributed by atoms with Gasteiger partial charge >= 0.3 is 0 Å².